The number of alkyl halides is 3. The molecule has 4 rings (SSSR count). The maximum Gasteiger partial charge on any atom is 0.433 e. The molecule has 2 atom stereocenters. The summed E-state index contributed by atoms with van der Waals surface area (Å²) in [6, 6.07) is 7.08. The smallest absolute Gasteiger partial charge is 0.382 e. The Hall–Kier alpha value is -2.81. The molecule has 1 aliphatic rings. The van der Waals surface area contributed by atoms with E-state index < -0.39 is 11.9 Å². The van der Waals surface area contributed by atoms with E-state index in [-0.39, 0.29) is 23.5 Å². The van der Waals surface area contributed by atoms with Crippen molar-refractivity contribution in [3.63, 3.8) is 0 Å². The van der Waals surface area contributed by atoms with Crippen LogP contribution in [-0.4, -0.2) is 32.8 Å². The van der Waals surface area contributed by atoms with Crippen molar-refractivity contribution in [2.24, 2.45) is 7.05 Å². The highest BCUT2D eigenvalue weighted by Gasteiger charge is 2.34. The number of rotatable bonds is 4. The minimum atomic E-state index is -4.56. The quantitative estimate of drug-likeness (QED) is 0.598. The van der Waals surface area contributed by atoms with Crippen molar-refractivity contribution >= 4 is 34.1 Å². The second kappa shape index (κ2) is 8.37. The molecule has 1 fully saturated rings. The average Bonchev–Trinajstić information content (AvgIpc) is 3.14. The maximum absolute atomic E-state index is 13.4. The Morgan fingerprint density at radius 2 is 1.97 bits per heavy atom. The van der Waals surface area contributed by atoms with Crippen molar-refractivity contribution in [3.8, 4) is 0 Å². The fourth-order valence-corrected chi connectivity index (χ4v) is 4.16. The molecular weight excluding hydrogens is 431 g/mol. The van der Waals surface area contributed by atoms with Crippen LogP contribution in [0.15, 0.2) is 36.5 Å². The number of aryl methyl sites for hydroxylation is 1. The molecule has 1 amide bonds. The molecule has 0 unspecified atom stereocenters. The van der Waals surface area contributed by atoms with E-state index >= 15 is 0 Å². The molecule has 1 aromatic carbocycles. The van der Waals surface area contributed by atoms with Crippen LogP contribution in [0.25, 0.3) is 10.9 Å². The van der Waals surface area contributed by atoms with E-state index in [4.69, 9.17) is 11.6 Å². The number of amides is 1. The number of aromatic nitrogens is 3. The van der Waals surface area contributed by atoms with E-state index in [9.17, 15) is 18.0 Å². The van der Waals surface area contributed by atoms with Crippen molar-refractivity contribution in [2.45, 2.75) is 43.9 Å². The summed E-state index contributed by atoms with van der Waals surface area (Å²) >= 11 is 6.07. The van der Waals surface area contributed by atoms with Gasteiger partial charge in [0, 0.05) is 41.4 Å². The topological polar surface area (TPSA) is 71.8 Å². The minimum absolute atomic E-state index is 0.0903. The molecule has 0 bridgehead atoms. The SMILES string of the molecule is Cn1nccc1C(=O)N[C@@H]1CCC[C@H](Nc2cc(C(F)(F)F)nc3ccc(Cl)cc23)C1. The Labute approximate surface area is 181 Å². The van der Waals surface area contributed by atoms with Crippen LogP contribution in [0.1, 0.15) is 41.9 Å². The summed E-state index contributed by atoms with van der Waals surface area (Å²) in [6.07, 6.45) is 0.00995. The minimum Gasteiger partial charge on any atom is -0.382 e. The Balaban J connectivity index is 1.55. The predicted molar refractivity (Wildman–Crippen MR) is 112 cm³/mol. The lowest BCUT2D eigenvalue weighted by atomic mass is 9.90. The molecule has 0 radical (unpaired) electrons. The zero-order valence-corrected chi connectivity index (χ0v) is 17.5. The number of carbonyl (C=O) groups excluding carboxylic acids is 1. The third kappa shape index (κ3) is 4.76. The first kappa shape index (κ1) is 21.4. The van der Waals surface area contributed by atoms with Gasteiger partial charge in [-0.15, -0.1) is 0 Å². The Morgan fingerprint density at radius 3 is 2.68 bits per heavy atom. The molecule has 1 saturated carbocycles. The second-order valence-electron chi connectivity index (χ2n) is 7.73. The van der Waals surface area contributed by atoms with Crippen LogP contribution >= 0.6 is 11.6 Å². The lowest BCUT2D eigenvalue weighted by Gasteiger charge is -2.31. The Bertz CT molecular complexity index is 1110. The van der Waals surface area contributed by atoms with Gasteiger partial charge in [0.1, 0.15) is 11.4 Å². The molecule has 164 valence electrons. The first-order valence-electron chi connectivity index (χ1n) is 9.93. The van der Waals surface area contributed by atoms with Crippen LogP contribution in [0.5, 0.6) is 0 Å². The molecule has 2 aromatic heterocycles. The Kier molecular flexibility index (Phi) is 5.79. The monoisotopic (exact) mass is 451 g/mol. The highest BCUT2D eigenvalue weighted by Crippen LogP contribution is 2.35. The van der Waals surface area contributed by atoms with Gasteiger partial charge < -0.3 is 10.6 Å². The third-order valence-corrected chi connectivity index (χ3v) is 5.72. The maximum atomic E-state index is 13.4. The molecule has 31 heavy (non-hydrogen) atoms. The number of fused-ring (bicyclic) bond motifs is 1. The van der Waals surface area contributed by atoms with Crippen molar-refractivity contribution in [3.05, 3.63) is 52.9 Å². The zero-order chi connectivity index (χ0) is 22.2. The molecule has 2 N–H and O–H groups in total. The van der Waals surface area contributed by atoms with E-state index in [1.165, 1.54) is 16.8 Å². The largest absolute Gasteiger partial charge is 0.433 e. The van der Waals surface area contributed by atoms with Crippen molar-refractivity contribution in [1.82, 2.24) is 20.1 Å². The fourth-order valence-electron chi connectivity index (χ4n) is 3.99. The van der Waals surface area contributed by atoms with Crippen LogP contribution < -0.4 is 10.6 Å². The Morgan fingerprint density at radius 1 is 1.19 bits per heavy atom. The lowest BCUT2D eigenvalue weighted by Crippen LogP contribution is -2.42. The van der Waals surface area contributed by atoms with Gasteiger partial charge >= 0.3 is 6.18 Å². The number of carbonyl (C=O) groups is 1. The summed E-state index contributed by atoms with van der Waals surface area (Å²) < 4.78 is 41.6. The number of pyridine rings is 1. The summed E-state index contributed by atoms with van der Waals surface area (Å²) in [6.45, 7) is 0. The van der Waals surface area contributed by atoms with Crippen LogP contribution in [0.4, 0.5) is 18.9 Å². The number of halogens is 4. The highest BCUT2D eigenvalue weighted by atomic mass is 35.5. The van der Waals surface area contributed by atoms with E-state index in [0.29, 0.717) is 28.2 Å². The predicted octanol–water partition coefficient (Wildman–Crippen LogP) is 4.79. The number of nitrogens with zero attached hydrogens (tertiary/aromatic N) is 3. The number of benzene rings is 1. The van der Waals surface area contributed by atoms with Crippen LogP contribution in [0.3, 0.4) is 0 Å². The van der Waals surface area contributed by atoms with Gasteiger partial charge in [0.25, 0.3) is 5.91 Å². The molecule has 2 heterocycles. The summed E-state index contributed by atoms with van der Waals surface area (Å²) in [5.74, 6) is -0.217. The molecule has 10 heteroatoms. The fraction of sp³-hybridized carbons (Fsp3) is 0.381. The number of anilines is 1. The van der Waals surface area contributed by atoms with Gasteiger partial charge in [-0.05, 0) is 56.0 Å². The summed E-state index contributed by atoms with van der Waals surface area (Å²) in [5, 5.41) is 11.2. The van der Waals surface area contributed by atoms with E-state index in [2.05, 4.69) is 20.7 Å². The van der Waals surface area contributed by atoms with Crippen LogP contribution in [0.2, 0.25) is 5.02 Å². The standard InChI is InChI=1S/C21H21ClF3N5O/c1-30-18(7-8-26-30)20(31)28-14-4-2-3-13(10-14)27-17-11-19(21(23,24)25)29-16-6-5-12(22)9-15(16)17/h5-9,11,13-14H,2-4,10H2,1H3,(H,27,29)(H,28,31)/t13-,14+/m0/s1. The first-order chi connectivity index (χ1) is 14.7. The van der Waals surface area contributed by atoms with E-state index in [1.54, 1.807) is 25.4 Å². The average molecular weight is 452 g/mol. The van der Waals surface area contributed by atoms with Gasteiger partial charge in [0.15, 0.2) is 0 Å². The molecule has 0 aliphatic heterocycles. The third-order valence-electron chi connectivity index (χ3n) is 5.48. The van der Waals surface area contributed by atoms with Crippen LogP contribution in [-0.2, 0) is 13.2 Å². The molecule has 1 aliphatic carbocycles. The van der Waals surface area contributed by atoms with Crippen molar-refractivity contribution in [2.75, 3.05) is 5.32 Å². The van der Waals surface area contributed by atoms with Gasteiger partial charge in [0.05, 0.1) is 5.52 Å². The van der Waals surface area contributed by atoms with E-state index in [1.807, 2.05) is 0 Å². The molecule has 0 saturated heterocycles. The zero-order valence-electron chi connectivity index (χ0n) is 16.7. The normalized spacial score (nSPS) is 19.4. The molecule has 0 spiro atoms. The molecular formula is C21H21ClF3N5O. The van der Waals surface area contributed by atoms with Gasteiger partial charge in [-0.3, -0.25) is 9.48 Å². The second-order valence-corrected chi connectivity index (χ2v) is 8.17. The summed E-state index contributed by atoms with van der Waals surface area (Å²) in [5.41, 5.74) is 0.0587. The summed E-state index contributed by atoms with van der Waals surface area (Å²) in [7, 11) is 1.69. The van der Waals surface area contributed by atoms with Crippen molar-refractivity contribution in [1.29, 1.82) is 0 Å². The van der Waals surface area contributed by atoms with E-state index in [0.717, 1.165) is 25.3 Å². The lowest BCUT2D eigenvalue weighted by molar-refractivity contribution is -0.140. The van der Waals surface area contributed by atoms with Gasteiger partial charge in [-0.25, -0.2) is 4.98 Å². The first-order valence-corrected chi connectivity index (χ1v) is 10.3. The molecule has 6 nitrogen and oxygen atoms in total. The van der Waals surface area contributed by atoms with Crippen LogP contribution in [0, 0.1) is 0 Å². The van der Waals surface area contributed by atoms with Gasteiger partial charge in [-0.1, -0.05) is 11.6 Å². The van der Waals surface area contributed by atoms with Crippen molar-refractivity contribution < 1.29 is 18.0 Å². The number of nitrogens with one attached hydrogen (secondary N) is 2. The number of hydrogen-bond acceptors (Lipinski definition) is 4. The number of hydrogen-bond donors (Lipinski definition) is 2. The molecule has 3 aromatic rings. The highest BCUT2D eigenvalue weighted by molar-refractivity contribution is 6.31. The van der Waals surface area contributed by atoms with Gasteiger partial charge in [0.2, 0.25) is 0 Å². The summed E-state index contributed by atoms with van der Waals surface area (Å²) in [4.78, 5) is 16.2. The van der Waals surface area contributed by atoms with Gasteiger partial charge in [-0.2, -0.15) is 18.3 Å².